The predicted octanol–water partition coefficient (Wildman–Crippen LogP) is 2.27. The van der Waals surface area contributed by atoms with Gasteiger partial charge in [-0.3, -0.25) is 4.79 Å². The van der Waals surface area contributed by atoms with Crippen LogP contribution < -0.4 is 21.5 Å². The number of aromatic nitrogens is 2. The summed E-state index contributed by atoms with van der Waals surface area (Å²) in [6.07, 6.45) is -4.76. The van der Waals surface area contributed by atoms with Crippen LogP contribution in [0.2, 0.25) is 0 Å². The van der Waals surface area contributed by atoms with E-state index in [0.29, 0.717) is 5.69 Å². The van der Waals surface area contributed by atoms with Crippen LogP contribution in [-0.4, -0.2) is 28.0 Å². The standard InChI is InChI=1S/C13H12F3N5O2S/c14-13(15,16)23-8-3-1-7(2-4-8)19-11(22)6-24-12-20-9(17)5-10(18)21-12/h1-5H,6H2,(H,19,22)(H4,17,18,20,21). The fourth-order valence-electron chi connectivity index (χ4n) is 1.59. The van der Waals surface area contributed by atoms with Gasteiger partial charge in [0.15, 0.2) is 5.16 Å². The molecule has 0 aliphatic carbocycles. The van der Waals surface area contributed by atoms with Crippen LogP contribution in [0.25, 0.3) is 0 Å². The van der Waals surface area contributed by atoms with Crippen LogP contribution in [0.5, 0.6) is 5.75 Å². The summed E-state index contributed by atoms with van der Waals surface area (Å²) in [7, 11) is 0. The molecular weight excluding hydrogens is 347 g/mol. The Morgan fingerprint density at radius 1 is 1.17 bits per heavy atom. The molecule has 0 saturated carbocycles. The van der Waals surface area contributed by atoms with Crippen molar-refractivity contribution < 1.29 is 22.7 Å². The van der Waals surface area contributed by atoms with Crippen LogP contribution >= 0.6 is 11.8 Å². The summed E-state index contributed by atoms with van der Waals surface area (Å²) >= 11 is 1.02. The highest BCUT2D eigenvalue weighted by atomic mass is 32.2. The second-order valence-corrected chi connectivity index (χ2v) is 5.35. The van der Waals surface area contributed by atoms with Gasteiger partial charge >= 0.3 is 6.36 Å². The summed E-state index contributed by atoms with van der Waals surface area (Å²) in [5, 5.41) is 2.76. The zero-order valence-corrected chi connectivity index (χ0v) is 12.8. The van der Waals surface area contributed by atoms with Gasteiger partial charge in [0.05, 0.1) is 5.75 Å². The van der Waals surface area contributed by atoms with Gasteiger partial charge in [0.1, 0.15) is 17.4 Å². The first kappa shape index (κ1) is 17.7. The highest BCUT2D eigenvalue weighted by Crippen LogP contribution is 2.24. The van der Waals surface area contributed by atoms with Crippen molar-refractivity contribution in [2.75, 3.05) is 22.5 Å². The Morgan fingerprint density at radius 3 is 2.29 bits per heavy atom. The normalized spacial score (nSPS) is 11.1. The third-order valence-corrected chi connectivity index (χ3v) is 3.30. The Kier molecular flexibility index (Phi) is 5.34. The number of nitrogen functional groups attached to an aromatic ring is 2. The lowest BCUT2D eigenvalue weighted by atomic mass is 10.3. The lowest BCUT2D eigenvalue weighted by Gasteiger charge is -2.10. The molecular formula is C13H12F3N5O2S. The molecule has 1 heterocycles. The third kappa shape index (κ3) is 5.83. The van der Waals surface area contributed by atoms with Gasteiger partial charge in [0.25, 0.3) is 0 Å². The molecule has 0 fully saturated rings. The minimum atomic E-state index is -4.76. The average Bonchev–Trinajstić information content (AvgIpc) is 2.45. The van der Waals surface area contributed by atoms with Gasteiger partial charge in [-0.2, -0.15) is 0 Å². The molecule has 0 aliphatic heterocycles. The van der Waals surface area contributed by atoms with Crippen molar-refractivity contribution in [1.29, 1.82) is 0 Å². The first-order valence-electron chi connectivity index (χ1n) is 6.40. The summed E-state index contributed by atoms with van der Waals surface area (Å²) in [6, 6.07) is 6.15. The highest BCUT2D eigenvalue weighted by Gasteiger charge is 2.30. The first-order chi connectivity index (χ1) is 11.2. The summed E-state index contributed by atoms with van der Waals surface area (Å²) in [5.41, 5.74) is 11.3. The van der Waals surface area contributed by atoms with E-state index in [0.717, 1.165) is 23.9 Å². The van der Waals surface area contributed by atoms with Crippen LogP contribution in [0.3, 0.4) is 0 Å². The fraction of sp³-hybridized carbons (Fsp3) is 0.154. The molecule has 0 aliphatic rings. The molecule has 0 spiro atoms. The fourth-order valence-corrected chi connectivity index (χ4v) is 2.27. The molecule has 0 unspecified atom stereocenters. The number of alkyl halides is 3. The van der Waals surface area contributed by atoms with E-state index in [2.05, 4.69) is 20.0 Å². The average molecular weight is 359 g/mol. The maximum Gasteiger partial charge on any atom is 0.573 e. The molecule has 7 nitrogen and oxygen atoms in total. The number of hydrogen-bond donors (Lipinski definition) is 3. The summed E-state index contributed by atoms with van der Waals surface area (Å²) in [5.74, 6) is -0.423. The number of rotatable bonds is 5. The van der Waals surface area contributed by atoms with E-state index in [4.69, 9.17) is 11.5 Å². The summed E-state index contributed by atoms with van der Waals surface area (Å²) in [6.45, 7) is 0. The molecule has 2 rings (SSSR count). The number of ether oxygens (including phenoxy) is 1. The molecule has 128 valence electrons. The Labute approximate surface area is 138 Å². The zero-order chi connectivity index (χ0) is 17.7. The number of hydrogen-bond acceptors (Lipinski definition) is 7. The second kappa shape index (κ2) is 7.25. The number of carbonyl (C=O) groups excluding carboxylic acids is 1. The Morgan fingerprint density at radius 2 is 1.75 bits per heavy atom. The minimum Gasteiger partial charge on any atom is -0.406 e. The summed E-state index contributed by atoms with van der Waals surface area (Å²) in [4.78, 5) is 19.6. The van der Waals surface area contributed by atoms with Gasteiger partial charge in [-0.05, 0) is 24.3 Å². The largest absolute Gasteiger partial charge is 0.573 e. The van der Waals surface area contributed by atoms with Crippen molar-refractivity contribution in [1.82, 2.24) is 9.97 Å². The monoisotopic (exact) mass is 359 g/mol. The molecule has 2 aromatic rings. The van der Waals surface area contributed by atoms with Gasteiger partial charge in [-0.15, -0.1) is 13.2 Å². The smallest absolute Gasteiger partial charge is 0.406 e. The lowest BCUT2D eigenvalue weighted by Crippen LogP contribution is -2.17. The molecule has 0 bridgehead atoms. The number of amides is 1. The SMILES string of the molecule is Nc1cc(N)nc(SCC(=O)Nc2ccc(OC(F)(F)F)cc2)n1. The number of anilines is 3. The Bertz CT molecular complexity index is 704. The van der Waals surface area contributed by atoms with Crippen LogP contribution in [0.4, 0.5) is 30.5 Å². The topological polar surface area (TPSA) is 116 Å². The lowest BCUT2D eigenvalue weighted by molar-refractivity contribution is -0.274. The van der Waals surface area contributed by atoms with Crippen molar-refractivity contribution in [2.24, 2.45) is 0 Å². The first-order valence-corrected chi connectivity index (χ1v) is 7.38. The Balaban J connectivity index is 1.88. The van der Waals surface area contributed by atoms with Crippen molar-refractivity contribution in [3.8, 4) is 5.75 Å². The molecule has 5 N–H and O–H groups in total. The molecule has 11 heteroatoms. The number of halogens is 3. The number of nitrogens with zero attached hydrogens (tertiary/aromatic N) is 2. The van der Waals surface area contributed by atoms with Gasteiger partial charge in [-0.25, -0.2) is 9.97 Å². The molecule has 0 atom stereocenters. The van der Waals surface area contributed by atoms with E-state index in [1.165, 1.54) is 18.2 Å². The molecule has 1 aromatic carbocycles. The maximum atomic E-state index is 12.0. The second-order valence-electron chi connectivity index (χ2n) is 4.41. The number of thioether (sulfide) groups is 1. The molecule has 0 saturated heterocycles. The number of carbonyl (C=O) groups is 1. The quantitative estimate of drug-likeness (QED) is 0.554. The molecule has 24 heavy (non-hydrogen) atoms. The zero-order valence-electron chi connectivity index (χ0n) is 12.0. The van der Waals surface area contributed by atoms with E-state index in [1.54, 1.807) is 0 Å². The maximum absolute atomic E-state index is 12.0. The predicted molar refractivity (Wildman–Crippen MR) is 83.3 cm³/mol. The van der Waals surface area contributed by atoms with Crippen LogP contribution in [0, 0.1) is 0 Å². The minimum absolute atomic E-state index is 0.0241. The van der Waals surface area contributed by atoms with Crippen LogP contribution in [-0.2, 0) is 4.79 Å². The van der Waals surface area contributed by atoms with Crippen molar-refractivity contribution in [2.45, 2.75) is 11.5 Å². The van der Waals surface area contributed by atoms with Crippen molar-refractivity contribution in [3.05, 3.63) is 30.3 Å². The van der Waals surface area contributed by atoms with Crippen LogP contribution in [0.1, 0.15) is 0 Å². The van der Waals surface area contributed by atoms with E-state index in [9.17, 15) is 18.0 Å². The van der Waals surface area contributed by atoms with E-state index in [-0.39, 0.29) is 28.3 Å². The van der Waals surface area contributed by atoms with Gasteiger partial charge in [0, 0.05) is 11.8 Å². The van der Waals surface area contributed by atoms with Gasteiger partial charge in [0.2, 0.25) is 5.91 Å². The number of nitrogens with one attached hydrogen (secondary N) is 1. The Hall–Kier alpha value is -2.69. The van der Waals surface area contributed by atoms with E-state index >= 15 is 0 Å². The molecule has 1 aromatic heterocycles. The van der Waals surface area contributed by atoms with E-state index < -0.39 is 12.3 Å². The third-order valence-electron chi connectivity index (χ3n) is 2.45. The molecule has 0 radical (unpaired) electrons. The number of benzene rings is 1. The van der Waals surface area contributed by atoms with Crippen LogP contribution in [0.15, 0.2) is 35.5 Å². The summed E-state index contributed by atoms with van der Waals surface area (Å²) < 4.78 is 39.9. The van der Waals surface area contributed by atoms with E-state index in [1.807, 2.05) is 0 Å². The number of nitrogens with two attached hydrogens (primary N) is 2. The van der Waals surface area contributed by atoms with Gasteiger partial charge in [-0.1, -0.05) is 11.8 Å². The van der Waals surface area contributed by atoms with Gasteiger partial charge < -0.3 is 21.5 Å². The highest BCUT2D eigenvalue weighted by molar-refractivity contribution is 7.99. The molecule has 1 amide bonds. The van der Waals surface area contributed by atoms with Crippen molar-refractivity contribution >= 4 is 35.0 Å². The van der Waals surface area contributed by atoms with Crippen molar-refractivity contribution in [3.63, 3.8) is 0 Å².